The predicted octanol–water partition coefficient (Wildman–Crippen LogP) is 4.90. The minimum Gasteiger partial charge on any atom is -0.383 e. The highest BCUT2D eigenvalue weighted by Gasteiger charge is 2.25. The zero-order chi connectivity index (χ0) is 23.5. The fourth-order valence-electron chi connectivity index (χ4n) is 3.50. The molecule has 0 fully saturated rings. The summed E-state index contributed by atoms with van der Waals surface area (Å²) in [6.45, 7) is 3.70. The van der Waals surface area contributed by atoms with Crippen LogP contribution in [0.3, 0.4) is 0 Å². The molecular weight excluding hydrogens is 428 g/mol. The van der Waals surface area contributed by atoms with Crippen LogP contribution in [0.1, 0.15) is 37.5 Å². The van der Waals surface area contributed by atoms with E-state index in [4.69, 9.17) is 0 Å². The van der Waals surface area contributed by atoms with Crippen molar-refractivity contribution in [3.05, 3.63) is 77.9 Å². The molecule has 0 bridgehead atoms. The van der Waals surface area contributed by atoms with Gasteiger partial charge in [0.05, 0.1) is 11.3 Å². The van der Waals surface area contributed by atoms with Crippen molar-refractivity contribution in [1.29, 1.82) is 0 Å². The molecule has 9 heteroatoms. The number of aliphatic hydroxyl groups is 1. The quantitative estimate of drug-likeness (QED) is 0.335. The van der Waals surface area contributed by atoms with Gasteiger partial charge in [-0.1, -0.05) is 13.0 Å². The number of aliphatic hydroxyl groups excluding tert-OH is 1. The van der Waals surface area contributed by atoms with Crippen LogP contribution in [0.15, 0.2) is 55.1 Å². The summed E-state index contributed by atoms with van der Waals surface area (Å²) in [7, 11) is 0. The molecule has 2 atom stereocenters. The molecule has 4 aromatic rings. The third kappa shape index (κ3) is 4.54. The largest absolute Gasteiger partial charge is 0.383 e. The number of aromatic nitrogens is 3. The number of H-pyrrole nitrogens is 1. The number of halogens is 2. The Hall–Kier alpha value is -3.85. The van der Waals surface area contributed by atoms with E-state index in [1.807, 2.05) is 13.0 Å². The first kappa shape index (κ1) is 22.3. The van der Waals surface area contributed by atoms with Gasteiger partial charge in [0.25, 0.3) is 0 Å². The highest BCUT2D eigenvalue weighted by atomic mass is 19.1. The van der Waals surface area contributed by atoms with Gasteiger partial charge in [-0.25, -0.2) is 18.6 Å². The first-order valence-electron chi connectivity index (χ1n) is 10.5. The van der Waals surface area contributed by atoms with E-state index in [0.29, 0.717) is 17.5 Å². The third-order valence-corrected chi connectivity index (χ3v) is 5.49. The molecule has 33 heavy (non-hydrogen) atoms. The van der Waals surface area contributed by atoms with Gasteiger partial charge < -0.3 is 20.7 Å². The fourth-order valence-corrected chi connectivity index (χ4v) is 3.50. The summed E-state index contributed by atoms with van der Waals surface area (Å²) in [6.07, 6.45) is 5.49. The monoisotopic (exact) mass is 451 g/mol. The van der Waals surface area contributed by atoms with Crippen molar-refractivity contribution >= 4 is 22.8 Å². The van der Waals surface area contributed by atoms with E-state index in [2.05, 4.69) is 25.6 Å². The second kappa shape index (κ2) is 9.33. The molecule has 7 nitrogen and oxygen atoms in total. The van der Waals surface area contributed by atoms with Crippen molar-refractivity contribution in [2.24, 2.45) is 0 Å². The van der Waals surface area contributed by atoms with Gasteiger partial charge in [-0.2, -0.15) is 0 Å². The molecule has 0 radical (unpaired) electrons. The Morgan fingerprint density at radius 3 is 2.76 bits per heavy atom. The average Bonchev–Trinajstić information content (AvgIpc) is 3.24. The molecule has 0 spiro atoms. The van der Waals surface area contributed by atoms with E-state index >= 15 is 4.39 Å². The Labute approximate surface area is 188 Å². The smallest absolute Gasteiger partial charge is 0.319 e. The number of carbonyl (C=O) groups is 1. The van der Waals surface area contributed by atoms with Crippen molar-refractivity contribution < 1.29 is 18.7 Å². The molecule has 0 aliphatic carbocycles. The highest BCUT2D eigenvalue weighted by Crippen LogP contribution is 2.35. The molecule has 0 saturated heterocycles. The van der Waals surface area contributed by atoms with Crippen LogP contribution >= 0.6 is 0 Å². The summed E-state index contributed by atoms with van der Waals surface area (Å²) in [6, 6.07) is 6.80. The number of benzene rings is 1. The van der Waals surface area contributed by atoms with Crippen LogP contribution < -0.4 is 10.6 Å². The molecule has 0 aliphatic rings. The number of aromatic amines is 1. The first-order valence-corrected chi connectivity index (χ1v) is 10.5. The van der Waals surface area contributed by atoms with Crippen molar-refractivity contribution in [3.8, 4) is 11.1 Å². The maximum absolute atomic E-state index is 15.2. The van der Waals surface area contributed by atoms with E-state index in [-0.39, 0.29) is 17.3 Å². The van der Waals surface area contributed by atoms with E-state index in [9.17, 15) is 14.3 Å². The Balaban J connectivity index is 1.70. The Bertz CT molecular complexity index is 1290. The van der Waals surface area contributed by atoms with Gasteiger partial charge in [-0.05, 0) is 37.6 Å². The van der Waals surface area contributed by atoms with Crippen molar-refractivity contribution in [3.63, 3.8) is 0 Å². The van der Waals surface area contributed by atoms with E-state index in [0.717, 1.165) is 23.3 Å². The lowest BCUT2D eigenvalue weighted by atomic mass is 9.98. The minimum absolute atomic E-state index is 0.119. The molecule has 0 saturated carbocycles. The van der Waals surface area contributed by atoms with Crippen LogP contribution in [-0.4, -0.2) is 32.1 Å². The Kier molecular flexibility index (Phi) is 6.32. The van der Waals surface area contributed by atoms with Gasteiger partial charge in [0.1, 0.15) is 17.6 Å². The molecule has 170 valence electrons. The molecule has 3 heterocycles. The number of pyridine rings is 2. The molecule has 2 amide bonds. The van der Waals surface area contributed by atoms with Gasteiger partial charge in [0, 0.05) is 52.9 Å². The van der Waals surface area contributed by atoms with Crippen LogP contribution in [-0.2, 0) is 0 Å². The second-order valence-electron chi connectivity index (χ2n) is 7.74. The van der Waals surface area contributed by atoms with Crippen molar-refractivity contribution in [2.75, 3.05) is 5.32 Å². The number of hydrogen-bond donors (Lipinski definition) is 4. The highest BCUT2D eigenvalue weighted by molar-refractivity contribution is 5.90. The summed E-state index contributed by atoms with van der Waals surface area (Å²) in [4.78, 5) is 23.5. The van der Waals surface area contributed by atoms with Gasteiger partial charge in [0.15, 0.2) is 5.82 Å². The van der Waals surface area contributed by atoms with Crippen LogP contribution in [0.5, 0.6) is 0 Å². The second-order valence-corrected chi connectivity index (χ2v) is 7.74. The maximum atomic E-state index is 15.2. The van der Waals surface area contributed by atoms with Gasteiger partial charge in [-0.3, -0.25) is 4.98 Å². The number of urea groups is 1. The number of anilines is 1. The van der Waals surface area contributed by atoms with E-state index in [1.54, 1.807) is 37.6 Å². The fraction of sp³-hybridized carbons (Fsp3) is 0.208. The number of fused-ring (bicyclic) bond motifs is 1. The Morgan fingerprint density at radius 1 is 1.21 bits per heavy atom. The normalized spacial score (nSPS) is 13.0. The summed E-state index contributed by atoms with van der Waals surface area (Å²) >= 11 is 0. The molecular formula is C24H23F2N5O2. The summed E-state index contributed by atoms with van der Waals surface area (Å²) in [5, 5.41) is 16.5. The van der Waals surface area contributed by atoms with Crippen molar-refractivity contribution in [2.45, 2.75) is 32.4 Å². The lowest BCUT2D eigenvalue weighted by Gasteiger charge is -2.17. The SMILES string of the molecule is CCC(C)NC(=O)Nc1ccc(F)c(C(O)c2c[nH]c3ncc(-c4cccnc4)cc23)c1F. The van der Waals surface area contributed by atoms with E-state index < -0.39 is 29.3 Å². The van der Waals surface area contributed by atoms with Crippen molar-refractivity contribution in [1.82, 2.24) is 20.3 Å². The molecule has 1 aromatic carbocycles. The molecule has 4 N–H and O–H groups in total. The lowest BCUT2D eigenvalue weighted by molar-refractivity contribution is 0.210. The maximum Gasteiger partial charge on any atom is 0.319 e. The Morgan fingerprint density at radius 2 is 2.03 bits per heavy atom. The third-order valence-electron chi connectivity index (χ3n) is 5.49. The standard InChI is InChI=1S/C24H23F2N5O2/c1-3-13(2)30-24(33)31-19-7-6-18(25)20(21(19)26)22(32)17-12-29-23-16(17)9-15(11-28-23)14-5-4-8-27-10-14/h4-13,22,32H,3H2,1-2H3,(H,28,29)(H2,30,31,33). The number of amides is 2. The van der Waals surface area contributed by atoms with Crippen LogP contribution in [0.4, 0.5) is 19.3 Å². The zero-order valence-corrected chi connectivity index (χ0v) is 18.1. The lowest BCUT2D eigenvalue weighted by Crippen LogP contribution is -2.35. The van der Waals surface area contributed by atoms with Gasteiger partial charge in [0.2, 0.25) is 0 Å². The van der Waals surface area contributed by atoms with Crippen LogP contribution in [0.2, 0.25) is 0 Å². The predicted molar refractivity (Wildman–Crippen MR) is 122 cm³/mol. The van der Waals surface area contributed by atoms with Crippen LogP contribution in [0.25, 0.3) is 22.2 Å². The summed E-state index contributed by atoms with van der Waals surface area (Å²) in [5.41, 5.74) is 1.46. The minimum atomic E-state index is -1.64. The number of hydrogen-bond acceptors (Lipinski definition) is 4. The zero-order valence-electron chi connectivity index (χ0n) is 18.1. The number of nitrogens with one attached hydrogen (secondary N) is 3. The topological polar surface area (TPSA) is 103 Å². The number of rotatable bonds is 6. The van der Waals surface area contributed by atoms with E-state index in [1.165, 1.54) is 6.20 Å². The number of nitrogens with zero attached hydrogens (tertiary/aromatic N) is 2. The molecule has 0 aliphatic heterocycles. The van der Waals surface area contributed by atoms with Crippen LogP contribution in [0, 0.1) is 11.6 Å². The molecule has 4 rings (SSSR count). The first-order chi connectivity index (χ1) is 15.9. The number of carbonyl (C=O) groups excluding carboxylic acids is 1. The molecule has 3 aromatic heterocycles. The van der Waals surface area contributed by atoms with Gasteiger partial charge in [-0.15, -0.1) is 0 Å². The average molecular weight is 451 g/mol. The molecule has 2 unspecified atom stereocenters. The van der Waals surface area contributed by atoms with Gasteiger partial charge >= 0.3 is 6.03 Å². The summed E-state index contributed by atoms with van der Waals surface area (Å²) < 4.78 is 29.9. The summed E-state index contributed by atoms with van der Waals surface area (Å²) in [5.74, 6) is -1.98.